The van der Waals surface area contributed by atoms with Crippen LogP contribution in [0.4, 0.5) is 0 Å². The number of fused-ring (bicyclic) bond motifs is 1. The van der Waals surface area contributed by atoms with Gasteiger partial charge in [0.2, 0.25) is 0 Å². The van der Waals surface area contributed by atoms with Gasteiger partial charge in [-0.3, -0.25) is 0 Å². The fourth-order valence-corrected chi connectivity index (χ4v) is 4.51. The number of nitrogens with zero attached hydrogens (tertiary/aromatic N) is 2. The summed E-state index contributed by atoms with van der Waals surface area (Å²) in [6.45, 7) is 3.27. The Bertz CT molecular complexity index is 525. The number of rotatable bonds is 5. The minimum absolute atomic E-state index is 0.435. The average molecular weight is 291 g/mol. The zero-order valence-electron chi connectivity index (χ0n) is 10.9. The molecule has 0 spiro atoms. The van der Waals surface area contributed by atoms with E-state index in [2.05, 4.69) is 45.9 Å². The van der Waals surface area contributed by atoms with Gasteiger partial charge in [0, 0.05) is 11.3 Å². The van der Waals surface area contributed by atoms with Crippen molar-refractivity contribution in [2.24, 2.45) is 0 Å². The molecule has 19 heavy (non-hydrogen) atoms. The Morgan fingerprint density at radius 1 is 1.42 bits per heavy atom. The lowest BCUT2D eigenvalue weighted by molar-refractivity contribution is 0.539. The predicted molar refractivity (Wildman–Crippen MR) is 80.7 cm³/mol. The van der Waals surface area contributed by atoms with Crippen LogP contribution in [0.1, 0.15) is 30.5 Å². The third-order valence-electron chi connectivity index (χ3n) is 3.39. The SMILES string of the molecule is CCCNC1c2ccccc2CC1Sc1ncns1. The van der Waals surface area contributed by atoms with Gasteiger partial charge in [-0.25, -0.2) is 4.98 Å². The number of aromatic nitrogens is 2. The maximum atomic E-state index is 4.30. The summed E-state index contributed by atoms with van der Waals surface area (Å²) in [5.41, 5.74) is 2.93. The molecule has 2 aromatic rings. The summed E-state index contributed by atoms with van der Waals surface area (Å²) in [5.74, 6) is 0. The van der Waals surface area contributed by atoms with Gasteiger partial charge in [-0.15, -0.1) is 0 Å². The molecule has 0 saturated carbocycles. The molecule has 0 bridgehead atoms. The molecular weight excluding hydrogens is 274 g/mol. The molecule has 3 rings (SSSR count). The topological polar surface area (TPSA) is 37.8 Å². The van der Waals surface area contributed by atoms with Crippen LogP contribution in [0, 0.1) is 0 Å². The molecule has 1 heterocycles. The minimum Gasteiger partial charge on any atom is -0.309 e. The van der Waals surface area contributed by atoms with Crippen LogP contribution in [0.2, 0.25) is 0 Å². The first-order chi connectivity index (χ1) is 9.38. The van der Waals surface area contributed by atoms with Gasteiger partial charge in [0.25, 0.3) is 0 Å². The van der Waals surface area contributed by atoms with E-state index in [0.717, 1.165) is 23.7 Å². The summed E-state index contributed by atoms with van der Waals surface area (Å²) in [7, 11) is 0. The third kappa shape index (κ3) is 2.83. The lowest BCUT2D eigenvalue weighted by Gasteiger charge is -2.20. The highest BCUT2D eigenvalue weighted by molar-refractivity contribution is 8.01. The van der Waals surface area contributed by atoms with E-state index in [9.17, 15) is 0 Å². The van der Waals surface area contributed by atoms with E-state index >= 15 is 0 Å². The van der Waals surface area contributed by atoms with Crippen LogP contribution in [0.3, 0.4) is 0 Å². The first-order valence-corrected chi connectivity index (χ1v) is 8.28. The van der Waals surface area contributed by atoms with Crippen molar-refractivity contribution in [3.05, 3.63) is 41.7 Å². The number of hydrogen-bond donors (Lipinski definition) is 1. The fourth-order valence-electron chi connectivity index (χ4n) is 2.55. The Balaban J connectivity index is 1.80. The number of hydrogen-bond acceptors (Lipinski definition) is 5. The van der Waals surface area contributed by atoms with Crippen molar-refractivity contribution in [1.29, 1.82) is 0 Å². The monoisotopic (exact) mass is 291 g/mol. The van der Waals surface area contributed by atoms with E-state index in [4.69, 9.17) is 0 Å². The molecule has 2 unspecified atom stereocenters. The van der Waals surface area contributed by atoms with Gasteiger partial charge >= 0.3 is 0 Å². The molecule has 0 saturated heterocycles. The molecule has 100 valence electrons. The van der Waals surface area contributed by atoms with E-state index < -0.39 is 0 Å². The van der Waals surface area contributed by atoms with Crippen molar-refractivity contribution in [2.75, 3.05) is 6.54 Å². The second-order valence-electron chi connectivity index (χ2n) is 4.70. The molecule has 0 amide bonds. The summed E-state index contributed by atoms with van der Waals surface area (Å²) in [5, 5.41) is 4.21. The smallest absolute Gasteiger partial charge is 0.170 e. The molecule has 2 atom stereocenters. The molecule has 1 aromatic heterocycles. The van der Waals surface area contributed by atoms with Gasteiger partial charge in [0.05, 0.1) is 0 Å². The Kier molecular flexibility index (Phi) is 4.15. The van der Waals surface area contributed by atoms with Gasteiger partial charge < -0.3 is 5.32 Å². The molecule has 3 nitrogen and oxygen atoms in total. The van der Waals surface area contributed by atoms with Gasteiger partial charge in [-0.2, -0.15) is 4.37 Å². The summed E-state index contributed by atoms with van der Waals surface area (Å²) < 4.78 is 5.16. The van der Waals surface area contributed by atoms with Gasteiger partial charge in [-0.05, 0) is 42.0 Å². The average Bonchev–Trinajstić information content (AvgIpc) is 3.04. The highest BCUT2D eigenvalue weighted by Crippen LogP contribution is 2.41. The lowest BCUT2D eigenvalue weighted by Crippen LogP contribution is -2.27. The van der Waals surface area contributed by atoms with Gasteiger partial charge in [0.15, 0.2) is 4.34 Å². The zero-order chi connectivity index (χ0) is 13.1. The third-order valence-corrected chi connectivity index (χ3v) is 5.41. The van der Waals surface area contributed by atoms with Crippen molar-refractivity contribution in [1.82, 2.24) is 14.7 Å². The standard InChI is InChI=1S/C14H17N3S2/c1-2-7-15-13-11-6-4-3-5-10(11)8-12(13)18-14-16-9-17-19-14/h3-6,9,12-13,15H,2,7-8H2,1H3. The molecule has 5 heteroatoms. The van der Waals surface area contributed by atoms with Crippen molar-refractivity contribution in [2.45, 2.75) is 35.4 Å². The predicted octanol–water partition coefficient (Wildman–Crippen LogP) is 3.30. The summed E-state index contributed by atoms with van der Waals surface area (Å²) in [6, 6.07) is 9.20. The van der Waals surface area contributed by atoms with Crippen LogP contribution in [0.5, 0.6) is 0 Å². The van der Waals surface area contributed by atoms with Crippen LogP contribution in [-0.2, 0) is 6.42 Å². The quantitative estimate of drug-likeness (QED) is 0.917. The Morgan fingerprint density at radius 2 is 2.32 bits per heavy atom. The number of benzene rings is 1. The van der Waals surface area contributed by atoms with Crippen LogP contribution < -0.4 is 5.32 Å². The first kappa shape index (κ1) is 13.1. The normalized spacial score (nSPS) is 21.5. The maximum absolute atomic E-state index is 4.30. The highest BCUT2D eigenvalue weighted by Gasteiger charge is 2.32. The Labute approximate surface area is 122 Å². The van der Waals surface area contributed by atoms with Crippen molar-refractivity contribution in [3.8, 4) is 0 Å². The number of nitrogens with one attached hydrogen (secondary N) is 1. The van der Waals surface area contributed by atoms with E-state index in [1.807, 2.05) is 11.8 Å². The second kappa shape index (κ2) is 6.03. The molecule has 0 fully saturated rings. The molecule has 1 N–H and O–H groups in total. The zero-order valence-corrected chi connectivity index (χ0v) is 12.5. The molecule has 1 aliphatic carbocycles. The van der Waals surface area contributed by atoms with E-state index in [0.29, 0.717) is 11.3 Å². The first-order valence-electron chi connectivity index (χ1n) is 6.63. The van der Waals surface area contributed by atoms with E-state index in [-0.39, 0.29) is 0 Å². The van der Waals surface area contributed by atoms with Crippen LogP contribution in [0.15, 0.2) is 34.9 Å². The van der Waals surface area contributed by atoms with Crippen molar-refractivity contribution in [3.63, 3.8) is 0 Å². The van der Waals surface area contributed by atoms with Gasteiger partial charge in [0.1, 0.15) is 6.33 Å². The van der Waals surface area contributed by atoms with Gasteiger partial charge in [-0.1, -0.05) is 43.0 Å². The van der Waals surface area contributed by atoms with E-state index in [1.165, 1.54) is 22.7 Å². The molecule has 0 radical (unpaired) electrons. The minimum atomic E-state index is 0.435. The maximum Gasteiger partial charge on any atom is 0.170 e. The van der Waals surface area contributed by atoms with Crippen LogP contribution in [-0.4, -0.2) is 21.2 Å². The van der Waals surface area contributed by atoms with Crippen molar-refractivity contribution < 1.29 is 0 Å². The fraction of sp³-hybridized carbons (Fsp3) is 0.429. The number of thioether (sulfide) groups is 1. The molecule has 1 aromatic carbocycles. The highest BCUT2D eigenvalue weighted by atomic mass is 32.2. The second-order valence-corrected chi connectivity index (χ2v) is 6.96. The lowest BCUT2D eigenvalue weighted by atomic mass is 10.1. The molecule has 0 aliphatic heterocycles. The van der Waals surface area contributed by atoms with Crippen molar-refractivity contribution >= 4 is 23.3 Å². The molecule has 1 aliphatic rings. The summed E-state index contributed by atoms with van der Waals surface area (Å²) in [6.07, 6.45) is 3.92. The molecular formula is C14H17N3S2. The summed E-state index contributed by atoms with van der Waals surface area (Å²) >= 11 is 3.34. The largest absolute Gasteiger partial charge is 0.309 e. The van der Waals surface area contributed by atoms with Crippen LogP contribution in [0.25, 0.3) is 0 Å². The Morgan fingerprint density at radius 3 is 3.11 bits per heavy atom. The summed E-state index contributed by atoms with van der Waals surface area (Å²) in [4.78, 5) is 4.30. The van der Waals surface area contributed by atoms with E-state index in [1.54, 1.807) is 6.33 Å². The Hall–Kier alpha value is -0.910. The van der Waals surface area contributed by atoms with Crippen LogP contribution >= 0.6 is 23.3 Å².